The van der Waals surface area contributed by atoms with Crippen molar-refractivity contribution in [2.24, 2.45) is 5.92 Å². The minimum absolute atomic E-state index is 0.103. The van der Waals surface area contributed by atoms with Gasteiger partial charge in [0.1, 0.15) is 18.1 Å². The molecule has 1 aliphatic heterocycles. The predicted molar refractivity (Wildman–Crippen MR) is 102 cm³/mol. The zero-order chi connectivity index (χ0) is 19.5. The molecule has 4 rings (SSSR count). The number of benzene rings is 1. The van der Waals surface area contributed by atoms with E-state index in [1.54, 1.807) is 23.0 Å². The summed E-state index contributed by atoms with van der Waals surface area (Å²) < 4.78 is 20.1. The molecular weight excluding hydrogens is 381 g/mol. The van der Waals surface area contributed by atoms with E-state index >= 15 is 0 Å². The number of nitrogens with zero attached hydrogens (tertiary/aromatic N) is 4. The van der Waals surface area contributed by atoms with E-state index in [1.807, 2.05) is 0 Å². The van der Waals surface area contributed by atoms with Gasteiger partial charge in [-0.2, -0.15) is 4.98 Å². The number of hydrogen-bond acceptors (Lipinski definition) is 7. The van der Waals surface area contributed by atoms with Crippen molar-refractivity contribution in [2.45, 2.75) is 25.9 Å². The highest BCUT2D eigenvalue weighted by atomic mass is 32.1. The molecule has 0 radical (unpaired) electrons. The molecule has 1 saturated heterocycles. The number of hydrogen-bond donors (Lipinski definition) is 1. The van der Waals surface area contributed by atoms with Gasteiger partial charge in [0, 0.05) is 17.8 Å². The molecule has 0 aliphatic carbocycles. The van der Waals surface area contributed by atoms with Crippen LogP contribution in [0.2, 0.25) is 0 Å². The second kappa shape index (κ2) is 8.15. The van der Waals surface area contributed by atoms with Crippen LogP contribution in [0.1, 0.15) is 41.1 Å². The Morgan fingerprint density at radius 1 is 1.39 bits per heavy atom. The number of piperidine rings is 1. The highest BCUT2D eigenvalue weighted by Crippen LogP contribution is 2.28. The van der Waals surface area contributed by atoms with Crippen LogP contribution in [0.25, 0.3) is 0 Å². The number of aromatic nitrogens is 4. The highest BCUT2D eigenvalue weighted by molar-refractivity contribution is 7.07. The first kappa shape index (κ1) is 18.7. The normalized spacial score (nSPS) is 19.5. The lowest BCUT2D eigenvalue weighted by Crippen LogP contribution is -2.34. The molecular formula is C19H20FN5O2S. The summed E-state index contributed by atoms with van der Waals surface area (Å²) in [7, 11) is 0. The van der Waals surface area contributed by atoms with E-state index in [4.69, 9.17) is 4.74 Å². The molecule has 1 aromatic carbocycles. The van der Waals surface area contributed by atoms with Crippen LogP contribution < -0.4 is 10.1 Å². The Morgan fingerprint density at radius 2 is 2.21 bits per heavy atom. The number of rotatable bonds is 5. The molecule has 0 spiro atoms. The van der Waals surface area contributed by atoms with Gasteiger partial charge in [-0.15, -0.1) is 21.1 Å². The summed E-state index contributed by atoms with van der Waals surface area (Å²) in [5.74, 6) is 0.387. The number of thiazole rings is 1. The van der Waals surface area contributed by atoms with Gasteiger partial charge in [0.25, 0.3) is 0 Å². The van der Waals surface area contributed by atoms with E-state index in [0.717, 1.165) is 25.1 Å². The predicted octanol–water partition coefficient (Wildman–Crippen LogP) is 2.85. The molecule has 1 fully saturated rings. The van der Waals surface area contributed by atoms with Crippen molar-refractivity contribution in [1.29, 1.82) is 0 Å². The standard InChI is InChI=1S/C19H20FN5O2S/c1-12-6-7-21-8-15(12)17-23-19(27-9-13-2-4-14(20)5-3-13)25(24-17)18(26)16-10-28-11-22-16/h2-5,10-12,15,21H,6-9H2,1H3. The van der Waals surface area contributed by atoms with Gasteiger partial charge in [-0.3, -0.25) is 4.79 Å². The summed E-state index contributed by atoms with van der Waals surface area (Å²) in [6, 6.07) is 6.11. The second-order valence-corrected chi connectivity index (χ2v) is 7.55. The first-order chi connectivity index (χ1) is 13.6. The summed E-state index contributed by atoms with van der Waals surface area (Å²) >= 11 is 1.34. The molecule has 28 heavy (non-hydrogen) atoms. The van der Waals surface area contributed by atoms with Gasteiger partial charge in [-0.25, -0.2) is 9.37 Å². The Hall–Kier alpha value is -2.65. The lowest BCUT2D eigenvalue weighted by atomic mass is 9.88. The van der Waals surface area contributed by atoms with Crippen LogP contribution in [0.5, 0.6) is 6.01 Å². The van der Waals surface area contributed by atoms with Crippen molar-refractivity contribution in [3.8, 4) is 6.01 Å². The van der Waals surface area contributed by atoms with Gasteiger partial charge in [0.05, 0.1) is 5.51 Å². The SMILES string of the molecule is CC1CCNCC1c1nc(OCc2ccc(F)cc2)n(C(=O)c2cscn2)n1. The van der Waals surface area contributed by atoms with Crippen molar-refractivity contribution in [2.75, 3.05) is 13.1 Å². The van der Waals surface area contributed by atoms with Crippen LogP contribution in [0.3, 0.4) is 0 Å². The van der Waals surface area contributed by atoms with E-state index < -0.39 is 0 Å². The van der Waals surface area contributed by atoms with Crippen molar-refractivity contribution in [1.82, 2.24) is 25.1 Å². The quantitative estimate of drug-likeness (QED) is 0.708. The van der Waals surface area contributed by atoms with Gasteiger partial charge in [0.15, 0.2) is 5.82 Å². The van der Waals surface area contributed by atoms with Crippen molar-refractivity contribution in [3.05, 3.63) is 58.1 Å². The lowest BCUT2D eigenvalue weighted by Gasteiger charge is -2.27. The molecule has 7 nitrogen and oxygen atoms in total. The fourth-order valence-electron chi connectivity index (χ4n) is 3.19. The number of halogens is 1. The molecule has 3 aromatic rings. The third kappa shape index (κ3) is 3.95. The Bertz CT molecular complexity index is 942. The number of carbonyl (C=O) groups excluding carboxylic acids is 1. The molecule has 1 N–H and O–H groups in total. The van der Waals surface area contributed by atoms with Gasteiger partial charge < -0.3 is 10.1 Å². The maximum atomic E-state index is 13.1. The molecule has 2 atom stereocenters. The lowest BCUT2D eigenvalue weighted by molar-refractivity contribution is 0.0921. The Kier molecular flexibility index (Phi) is 5.45. The molecule has 0 saturated carbocycles. The molecule has 2 unspecified atom stereocenters. The van der Waals surface area contributed by atoms with Crippen LogP contribution in [0.15, 0.2) is 35.2 Å². The Balaban J connectivity index is 1.62. The molecule has 146 valence electrons. The summed E-state index contributed by atoms with van der Waals surface area (Å²) in [6.45, 7) is 4.03. The maximum Gasteiger partial charge on any atom is 0.323 e. The summed E-state index contributed by atoms with van der Waals surface area (Å²) in [6.07, 6.45) is 1.02. The molecule has 2 aromatic heterocycles. The van der Waals surface area contributed by atoms with Crippen LogP contribution in [-0.2, 0) is 6.61 Å². The van der Waals surface area contributed by atoms with Crippen LogP contribution in [0, 0.1) is 11.7 Å². The second-order valence-electron chi connectivity index (χ2n) is 6.83. The fourth-order valence-corrected chi connectivity index (χ4v) is 3.71. The van der Waals surface area contributed by atoms with Crippen LogP contribution in [-0.4, -0.2) is 38.7 Å². The van der Waals surface area contributed by atoms with E-state index in [1.165, 1.54) is 28.2 Å². The molecule has 0 amide bonds. The fraction of sp³-hybridized carbons (Fsp3) is 0.368. The van der Waals surface area contributed by atoms with Gasteiger partial charge >= 0.3 is 11.9 Å². The Labute approximate surface area is 165 Å². The smallest absolute Gasteiger partial charge is 0.323 e. The first-order valence-corrected chi connectivity index (χ1v) is 10.0. The van der Waals surface area contributed by atoms with Crippen LogP contribution >= 0.6 is 11.3 Å². The number of carbonyl (C=O) groups is 1. The van der Waals surface area contributed by atoms with Crippen molar-refractivity contribution in [3.63, 3.8) is 0 Å². The number of ether oxygens (including phenoxy) is 1. The highest BCUT2D eigenvalue weighted by Gasteiger charge is 2.29. The third-order valence-electron chi connectivity index (χ3n) is 4.88. The maximum absolute atomic E-state index is 13.1. The molecule has 3 heterocycles. The van der Waals surface area contributed by atoms with Crippen molar-refractivity contribution >= 4 is 17.2 Å². The minimum Gasteiger partial charge on any atom is -0.458 e. The van der Waals surface area contributed by atoms with Gasteiger partial charge in [0.2, 0.25) is 0 Å². The minimum atomic E-state index is -0.384. The zero-order valence-electron chi connectivity index (χ0n) is 15.3. The van der Waals surface area contributed by atoms with Gasteiger partial charge in [-0.1, -0.05) is 19.1 Å². The van der Waals surface area contributed by atoms with E-state index in [-0.39, 0.29) is 30.3 Å². The van der Waals surface area contributed by atoms with Gasteiger partial charge in [-0.05, 0) is 36.6 Å². The van der Waals surface area contributed by atoms with Crippen LogP contribution in [0.4, 0.5) is 4.39 Å². The average Bonchev–Trinajstić information content (AvgIpc) is 3.38. The molecule has 1 aliphatic rings. The first-order valence-electron chi connectivity index (χ1n) is 9.09. The third-order valence-corrected chi connectivity index (χ3v) is 5.46. The Morgan fingerprint density at radius 3 is 2.93 bits per heavy atom. The van der Waals surface area contributed by atoms with Crippen molar-refractivity contribution < 1.29 is 13.9 Å². The van der Waals surface area contributed by atoms with E-state index in [2.05, 4.69) is 27.3 Å². The average molecular weight is 401 g/mol. The monoisotopic (exact) mass is 401 g/mol. The largest absolute Gasteiger partial charge is 0.458 e. The topological polar surface area (TPSA) is 81.9 Å². The summed E-state index contributed by atoms with van der Waals surface area (Å²) in [5, 5.41) is 9.48. The number of nitrogens with one attached hydrogen (secondary N) is 1. The van der Waals surface area contributed by atoms with E-state index in [0.29, 0.717) is 17.4 Å². The summed E-state index contributed by atoms with van der Waals surface area (Å²) in [5.41, 5.74) is 2.66. The zero-order valence-corrected chi connectivity index (χ0v) is 16.2. The molecule has 9 heteroatoms. The summed E-state index contributed by atoms with van der Waals surface area (Å²) in [4.78, 5) is 21.4. The molecule has 0 bridgehead atoms. The van der Waals surface area contributed by atoms with E-state index in [9.17, 15) is 9.18 Å².